The zero-order chi connectivity index (χ0) is 12.1. The summed E-state index contributed by atoms with van der Waals surface area (Å²) in [5.74, 6) is -3.21. The highest BCUT2D eigenvalue weighted by atomic mass is 19.1. The van der Waals surface area contributed by atoms with E-state index in [1.165, 1.54) is 0 Å². The summed E-state index contributed by atoms with van der Waals surface area (Å²) >= 11 is 0. The molecule has 0 radical (unpaired) electrons. The number of nitrogens with two attached hydrogens (primary N) is 1. The molecule has 0 bridgehead atoms. The number of benzene rings is 1. The Morgan fingerprint density at radius 3 is 2.38 bits per heavy atom. The monoisotopic (exact) mass is 230 g/mol. The van der Waals surface area contributed by atoms with E-state index in [0.29, 0.717) is 19.5 Å². The lowest BCUT2D eigenvalue weighted by Crippen LogP contribution is -2.11. The molecule has 0 aliphatic rings. The second-order valence-electron chi connectivity index (χ2n) is 3.19. The molecule has 0 saturated heterocycles. The van der Waals surface area contributed by atoms with Crippen molar-refractivity contribution >= 4 is 11.7 Å². The number of halogens is 2. The van der Waals surface area contributed by atoms with Gasteiger partial charge in [-0.3, -0.25) is 0 Å². The highest BCUT2D eigenvalue weighted by Crippen LogP contribution is 2.20. The molecule has 4 N–H and O–H groups in total. The van der Waals surface area contributed by atoms with E-state index in [4.69, 9.17) is 10.8 Å². The average Bonchev–Trinajstić information content (AvgIpc) is 2.21. The number of hydrogen-bond donors (Lipinski definition) is 3. The molecule has 1 aromatic carbocycles. The summed E-state index contributed by atoms with van der Waals surface area (Å²) < 4.78 is 26.6. The van der Waals surface area contributed by atoms with Gasteiger partial charge in [-0.1, -0.05) is 0 Å². The Labute approximate surface area is 91.1 Å². The van der Waals surface area contributed by atoms with Crippen molar-refractivity contribution in [3.63, 3.8) is 0 Å². The number of rotatable bonds is 5. The molecule has 0 heterocycles. The first kappa shape index (κ1) is 12.4. The molecule has 16 heavy (non-hydrogen) atoms. The van der Waals surface area contributed by atoms with Crippen molar-refractivity contribution in [3.8, 4) is 0 Å². The van der Waals surface area contributed by atoms with Crippen LogP contribution in [0, 0.1) is 11.6 Å². The van der Waals surface area contributed by atoms with Crippen molar-refractivity contribution in [1.82, 2.24) is 0 Å². The van der Waals surface area contributed by atoms with E-state index in [2.05, 4.69) is 5.32 Å². The lowest BCUT2D eigenvalue weighted by molar-refractivity contribution is 0.0696. The van der Waals surface area contributed by atoms with Crippen LogP contribution < -0.4 is 11.1 Å². The van der Waals surface area contributed by atoms with Crippen LogP contribution in [-0.2, 0) is 0 Å². The van der Waals surface area contributed by atoms with E-state index in [-0.39, 0.29) is 5.69 Å². The summed E-state index contributed by atoms with van der Waals surface area (Å²) in [4.78, 5) is 10.5. The standard InChI is InChI=1S/C10H12F2N2O2/c11-7-4-6(10(15)16)5-8(12)9(7)14-3-1-2-13/h4-5,14H,1-3,13H2,(H,15,16). The van der Waals surface area contributed by atoms with Crippen LogP contribution in [0.25, 0.3) is 0 Å². The van der Waals surface area contributed by atoms with Crippen molar-refractivity contribution in [3.05, 3.63) is 29.3 Å². The Morgan fingerprint density at radius 1 is 1.38 bits per heavy atom. The molecule has 0 spiro atoms. The first-order chi connectivity index (χ1) is 7.56. The molecule has 0 amide bonds. The van der Waals surface area contributed by atoms with Crippen molar-refractivity contribution < 1.29 is 18.7 Å². The smallest absolute Gasteiger partial charge is 0.335 e. The molecule has 0 unspecified atom stereocenters. The second-order valence-corrected chi connectivity index (χ2v) is 3.19. The maximum Gasteiger partial charge on any atom is 0.335 e. The lowest BCUT2D eigenvalue weighted by atomic mass is 10.2. The maximum atomic E-state index is 13.3. The van der Waals surface area contributed by atoms with E-state index in [9.17, 15) is 13.6 Å². The number of carboxylic acids is 1. The SMILES string of the molecule is NCCCNc1c(F)cc(C(=O)O)cc1F. The molecular weight excluding hydrogens is 218 g/mol. The minimum absolute atomic E-state index is 0.321. The fraction of sp³-hybridized carbons (Fsp3) is 0.300. The number of anilines is 1. The highest BCUT2D eigenvalue weighted by molar-refractivity contribution is 5.88. The molecule has 0 aliphatic heterocycles. The van der Waals surface area contributed by atoms with Crippen LogP contribution in [-0.4, -0.2) is 24.2 Å². The Balaban J connectivity index is 2.89. The molecule has 0 aliphatic carbocycles. The molecule has 0 fully saturated rings. The highest BCUT2D eigenvalue weighted by Gasteiger charge is 2.13. The van der Waals surface area contributed by atoms with Crippen molar-refractivity contribution in [2.45, 2.75) is 6.42 Å². The molecule has 88 valence electrons. The van der Waals surface area contributed by atoms with Gasteiger partial charge in [-0.15, -0.1) is 0 Å². The topological polar surface area (TPSA) is 75.3 Å². The number of hydrogen-bond acceptors (Lipinski definition) is 3. The summed E-state index contributed by atoms with van der Waals surface area (Å²) in [6.45, 7) is 0.736. The van der Waals surface area contributed by atoms with Crippen LogP contribution in [0.2, 0.25) is 0 Å². The van der Waals surface area contributed by atoms with Gasteiger partial charge < -0.3 is 16.2 Å². The molecule has 4 nitrogen and oxygen atoms in total. The van der Waals surface area contributed by atoms with Gasteiger partial charge in [-0.05, 0) is 25.1 Å². The van der Waals surface area contributed by atoms with Gasteiger partial charge in [0, 0.05) is 6.54 Å². The fourth-order valence-electron chi connectivity index (χ4n) is 1.18. The predicted octanol–water partition coefficient (Wildman–Crippen LogP) is 1.42. The predicted molar refractivity (Wildman–Crippen MR) is 55.5 cm³/mol. The van der Waals surface area contributed by atoms with Gasteiger partial charge in [0.15, 0.2) is 0 Å². The van der Waals surface area contributed by atoms with E-state index in [1.807, 2.05) is 0 Å². The van der Waals surface area contributed by atoms with Crippen LogP contribution in [0.3, 0.4) is 0 Å². The largest absolute Gasteiger partial charge is 0.478 e. The first-order valence-electron chi connectivity index (χ1n) is 4.72. The lowest BCUT2D eigenvalue weighted by Gasteiger charge is -2.08. The van der Waals surface area contributed by atoms with Crippen molar-refractivity contribution in [1.29, 1.82) is 0 Å². The summed E-state index contributed by atoms with van der Waals surface area (Å²) in [7, 11) is 0. The zero-order valence-electron chi connectivity index (χ0n) is 8.46. The molecule has 0 aromatic heterocycles. The van der Waals surface area contributed by atoms with E-state index >= 15 is 0 Å². The normalized spacial score (nSPS) is 10.2. The molecule has 1 aromatic rings. The van der Waals surface area contributed by atoms with Gasteiger partial charge in [0.25, 0.3) is 0 Å². The van der Waals surface area contributed by atoms with Crippen LogP contribution in [0.15, 0.2) is 12.1 Å². The first-order valence-corrected chi connectivity index (χ1v) is 4.72. The number of carbonyl (C=O) groups is 1. The van der Waals surface area contributed by atoms with Crippen molar-refractivity contribution in [2.24, 2.45) is 5.73 Å². The number of aromatic carboxylic acids is 1. The van der Waals surface area contributed by atoms with Crippen LogP contribution in [0.4, 0.5) is 14.5 Å². The van der Waals surface area contributed by atoms with Crippen LogP contribution >= 0.6 is 0 Å². The summed E-state index contributed by atoms with van der Waals surface area (Å²) in [5, 5.41) is 11.1. The Hall–Kier alpha value is -1.69. The Bertz CT molecular complexity index is 373. The van der Waals surface area contributed by atoms with E-state index in [1.54, 1.807) is 0 Å². The third-order valence-corrected chi connectivity index (χ3v) is 1.97. The van der Waals surface area contributed by atoms with Gasteiger partial charge in [0.05, 0.1) is 5.56 Å². The van der Waals surface area contributed by atoms with E-state index < -0.39 is 23.2 Å². The summed E-state index contributed by atoms with van der Waals surface area (Å²) in [6.07, 6.45) is 0.569. The van der Waals surface area contributed by atoms with Gasteiger partial charge in [0.1, 0.15) is 17.3 Å². The van der Waals surface area contributed by atoms with Crippen LogP contribution in [0.1, 0.15) is 16.8 Å². The minimum atomic E-state index is -1.37. The Kier molecular flexibility index (Phi) is 4.19. The van der Waals surface area contributed by atoms with Gasteiger partial charge in [0.2, 0.25) is 0 Å². The molecule has 1 rings (SSSR count). The van der Waals surface area contributed by atoms with Gasteiger partial charge >= 0.3 is 5.97 Å². The maximum absolute atomic E-state index is 13.3. The molecular formula is C10H12F2N2O2. The summed E-state index contributed by atoms with van der Waals surface area (Å²) in [5.41, 5.74) is 4.49. The second kappa shape index (κ2) is 5.41. The summed E-state index contributed by atoms with van der Waals surface area (Å²) in [6, 6.07) is 1.55. The number of carboxylic acid groups (broad SMARTS) is 1. The van der Waals surface area contributed by atoms with Crippen LogP contribution in [0.5, 0.6) is 0 Å². The molecule has 6 heteroatoms. The average molecular weight is 230 g/mol. The number of nitrogens with one attached hydrogen (secondary N) is 1. The quantitative estimate of drug-likeness (QED) is 0.669. The third-order valence-electron chi connectivity index (χ3n) is 1.97. The molecule has 0 saturated carbocycles. The zero-order valence-corrected chi connectivity index (χ0v) is 8.46. The Morgan fingerprint density at radius 2 is 1.94 bits per heavy atom. The van der Waals surface area contributed by atoms with Gasteiger partial charge in [-0.25, -0.2) is 13.6 Å². The minimum Gasteiger partial charge on any atom is -0.478 e. The third kappa shape index (κ3) is 2.90. The van der Waals surface area contributed by atoms with Crippen molar-refractivity contribution in [2.75, 3.05) is 18.4 Å². The fourth-order valence-corrected chi connectivity index (χ4v) is 1.18. The van der Waals surface area contributed by atoms with E-state index in [0.717, 1.165) is 12.1 Å². The molecule has 0 atom stereocenters. The van der Waals surface area contributed by atoms with Gasteiger partial charge in [-0.2, -0.15) is 0 Å².